The molecule has 0 bridgehead atoms. The van der Waals surface area contributed by atoms with E-state index >= 15 is 0 Å². The molecule has 0 radical (unpaired) electrons. The van der Waals surface area contributed by atoms with Crippen molar-refractivity contribution in [3.05, 3.63) is 64.7 Å². The fourth-order valence-electron chi connectivity index (χ4n) is 3.19. The topological polar surface area (TPSA) is 118 Å². The minimum absolute atomic E-state index is 0.00253. The first-order valence-electron chi connectivity index (χ1n) is 9.19. The zero-order valence-corrected chi connectivity index (χ0v) is 17.1. The number of benzene rings is 1. The normalized spacial score (nSPS) is 12.5. The Morgan fingerprint density at radius 2 is 1.94 bits per heavy atom. The Kier molecular flexibility index (Phi) is 5.31. The van der Waals surface area contributed by atoms with Gasteiger partial charge in [0, 0.05) is 17.3 Å². The predicted octanol–water partition coefficient (Wildman–Crippen LogP) is 4.49. The Balaban J connectivity index is 1.89. The van der Waals surface area contributed by atoms with Crippen molar-refractivity contribution in [2.45, 2.75) is 19.1 Å². The first kappa shape index (κ1) is 21.3. The number of nitriles is 1. The number of nitrogen functional groups attached to an aromatic ring is 1. The summed E-state index contributed by atoms with van der Waals surface area (Å²) in [6.07, 6.45) is -2.12. The molecule has 0 spiro atoms. The summed E-state index contributed by atoms with van der Waals surface area (Å²) in [5, 5.41) is 15.4. The van der Waals surface area contributed by atoms with Crippen molar-refractivity contribution >= 4 is 28.9 Å². The lowest BCUT2D eigenvalue weighted by molar-refractivity contribution is -0.141. The van der Waals surface area contributed by atoms with Crippen molar-refractivity contribution in [3.8, 4) is 17.3 Å². The van der Waals surface area contributed by atoms with Gasteiger partial charge >= 0.3 is 6.18 Å². The first-order chi connectivity index (χ1) is 15.2. The molecule has 3 heterocycles. The number of halogens is 4. The van der Waals surface area contributed by atoms with Crippen LogP contribution in [0.5, 0.6) is 0 Å². The molecule has 8 nitrogen and oxygen atoms in total. The number of hydrogen-bond donors (Lipinski definition) is 2. The van der Waals surface area contributed by atoms with Crippen LogP contribution in [0.25, 0.3) is 16.9 Å². The number of hydrogen-bond acceptors (Lipinski definition) is 7. The number of aromatic nitrogens is 5. The Morgan fingerprint density at radius 1 is 1.22 bits per heavy atom. The number of nitrogens with zero attached hydrogens (tertiary/aromatic N) is 6. The van der Waals surface area contributed by atoms with Crippen LogP contribution < -0.4 is 11.1 Å². The van der Waals surface area contributed by atoms with E-state index in [1.54, 1.807) is 37.3 Å². The fraction of sp³-hybridized carbons (Fsp3) is 0.150. The van der Waals surface area contributed by atoms with Crippen molar-refractivity contribution < 1.29 is 13.2 Å². The molecule has 162 valence electrons. The fourth-order valence-corrected chi connectivity index (χ4v) is 3.46. The van der Waals surface area contributed by atoms with Crippen molar-refractivity contribution in [1.29, 1.82) is 5.26 Å². The molecule has 12 heteroatoms. The highest BCUT2D eigenvalue weighted by Gasteiger charge is 2.38. The number of alkyl halides is 3. The molecule has 0 unspecified atom stereocenters. The molecule has 0 amide bonds. The summed E-state index contributed by atoms with van der Waals surface area (Å²) in [4.78, 5) is 12.3. The molecule has 0 fully saturated rings. The first-order valence-corrected chi connectivity index (χ1v) is 9.57. The molecule has 0 aliphatic heterocycles. The van der Waals surface area contributed by atoms with Gasteiger partial charge in [0.2, 0.25) is 0 Å². The molecule has 0 saturated heterocycles. The minimum atomic E-state index is -4.73. The predicted molar refractivity (Wildman–Crippen MR) is 112 cm³/mol. The largest absolute Gasteiger partial charge is 0.436 e. The highest BCUT2D eigenvalue weighted by atomic mass is 35.5. The third-order valence-electron chi connectivity index (χ3n) is 4.71. The summed E-state index contributed by atoms with van der Waals surface area (Å²) >= 11 is 5.97. The number of anilines is 2. The maximum Gasteiger partial charge on any atom is 0.436 e. The Morgan fingerprint density at radius 3 is 2.59 bits per heavy atom. The molecular formula is C20H14ClF3N8. The maximum absolute atomic E-state index is 13.3. The highest BCUT2D eigenvalue weighted by molar-refractivity contribution is 6.34. The zero-order valence-electron chi connectivity index (χ0n) is 16.4. The molecule has 4 rings (SSSR count). The van der Waals surface area contributed by atoms with Crippen LogP contribution in [0.4, 0.5) is 24.8 Å². The lowest BCUT2D eigenvalue weighted by atomic mass is 10.0. The van der Waals surface area contributed by atoms with Crippen molar-refractivity contribution in [2.75, 3.05) is 11.1 Å². The van der Waals surface area contributed by atoms with Crippen LogP contribution in [-0.4, -0.2) is 24.6 Å². The second-order valence-corrected chi connectivity index (χ2v) is 7.18. The van der Waals surface area contributed by atoms with Gasteiger partial charge < -0.3 is 11.1 Å². The van der Waals surface area contributed by atoms with E-state index in [1.807, 2.05) is 6.07 Å². The van der Waals surface area contributed by atoms with Crippen LogP contribution in [0.2, 0.25) is 5.02 Å². The third kappa shape index (κ3) is 3.76. The van der Waals surface area contributed by atoms with E-state index in [0.29, 0.717) is 16.8 Å². The van der Waals surface area contributed by atoms with Crippen LogP contribution >= 0.6 is 11.6 Å². The molecule has 32 heavy (non-hydrogen) atoms. The molecular weight excluding hydrogens is 445 g/mol. The van der Waals surface area contributed by atoms with E-state index in [-0.39, 0.29) is 22.8 Å². The standard InChI is InChI=1S/C20H14ClF3N8/c1-10(29-18-12(7-25)17(26)27-9-28-18)13-8-32-19(14(21)16(31-32)20(22,23)24)30-15(13)11-5-3-2-4-6-11/h2-6,8-10H,1H3,(H3,26,27,28,29)/t10-/m0/s1. The smallest absolute Gasteiger partial charge is 0.382 e. The number of nitrogens with two attached hydrogens (primary N) is 1. The van der Waals surface area contributed by atoms with Gasteiger partial charge in [-0.2, -0.15) is 23.5 Å². The molecule has 1 aromatic carbocycles. The Hall–Kier alpha value is -3.91. The SMILES string of the molecule is C[C@H](Nc1ncnc(N)c1C#N)c1cn2nc(C(F)(F)F)c(Cl)c2nc1-c1ccccc1. The highest BCUT2D eigenvalue weighted by Crippen LogP contribution is 2.37. The van der Waals surface area contributed by atoms with Crippen LogP contribution in [0.1, 0.15) is 29.8 Å². The van der Waals surface area contributed by atoms with Crippen LogP contribution in [0.15, 0.2) is 42.9 Å². The quantitative estimate of drug-likeness (QED) is 0.462. The van der Waals surface area contributed by atoms with E-state index in [4.69, 9.17) is 17.3 Å². The van der Waals surface area contributed by atoms with Crippen molar-refractivity contribution in [1.82, 2.24) is 24.6 Å². The maximum atomic E-state index is 13.3. The van der Waals surface area contributed by atoms with Crippen LogP contribution in [-0.2, 0) is 6.18 Å². The van der Waals surface area contributed by atoms with Gasteiger partial charge in [-0.25, -0.2) is 19.5 Å². The number of rotatable bonds is 4. The summed E-state index contributed by atoms with van der Waals surface area (Å²) < 4.78 is 41.0. The molecule has 1 atom stereocenters. The molecule has 0 saturated carbocycles. The Bertz CT molecular complexity index is 1350. The van der Waals surface area contributed by atoms with Gasteiger partial charge in [0.05, 0.1) is 11.7 Å². The summed E-state index contributed by atoms with van der Waals surface area (Å²) in [6, 6.07) is 10.3. The molecule has 0 aliphatic carbocycles. The van der Waals surface area contributed by atoms with Gasteiger partial charge in [-0.15, -0.1) is 0 Å². The van der Waals surface area contributed by atoms with E-state index in [0.717, 1.165) is 4.52 Å². The summed E-state index contributed by atoms with van der Waals surface area (Å²) in [5.41, 5.74) is 6.00. The van der Waals surface area contributed by atoms with Crippen molar-refractivity contribution in [2.24, 2.45) is 0 Å². The molecule has 4 aromatic rings. The van der Waals surface area contributed by atoms with Gasteiger partial charge in [0.15, 0.2) is 11.3 Å². The summed E-state index contributed by atoms with van der Waals surface area (Å²) in [6.45, 7) is 1.74. The van der Waals surface area contributed by atoms with Crippen LogP contribution in [0.3, 0.4) is 0 Å². The monoisotopic (exact) mass is 458 g/mol. The Labute approximate surface area is 184 Å². The van der Waals surface area contributed by atoms with Gasteiger partial charge in [-0.1, -0.05) is 41.9 Å². The average Bonchev–Trinajstić information content (AvgIpc) is 3.10. The summed E-state index contributed by atoms with van der Waals surface area (Å²) in [7, 11) is 0. The van der Waals surface area contributed by atoms with E-state index in [9.17, 15) is 18.4 Å². The van der Waals surface area contributed by atoms with E-state index in [1.165, 1.54) is 12.5 Å². The van der Waals surface area contributed by atoms with Gasteiger partial charge in [0.25, 0.3) is 0 Å². The lowest BCUT2D eigenvalue weighted by Gasteiger charge is -2.19. The number of nitrogens with one attached hydrogen (secondary N) is 1. The van der Waals surface area contributed by atoms with E-state index < -0.39 is 22.9 Å². The third-order valence-corrected chi connectivity index (χ3v) is 5.05. The van der Waals surface area contributed by atoms with E-state index in [2.05, 4.69) is 25.4 Å². The lowest BCUT2D eigenvalue weighted by Crippen LogP contribution is -2.14. The van der Waals surface area contributed by atoms with Gasteiger partial charge in [-0.05, 0) is 6.92 Å². The molecule has 3 aromatic heterocycles. The average molecular weight is 459 g/mol. The minimum Gasteiger partial charge on any atom is -0.382 e. The molecule has 3 N–H and O–H groups in total. The van der Waals surface area contributed by atoms with Gasteiger partial charge in [-0.3, -0.25) is 0 Å². The zero-order chi connectivity index (χ0) is 23.0. The molecule has 0 aliphatic rings. The second-order valence-electron chi connectivity index (χ2n) is 6.80. The number of fused-ring (bicyclic) bond motifs is 1. The summed E-state index contributed by atoms with van der Waals surface area (Å²) in [5.74, 6) is 0.184. The van der Waals surface area contributed by atoms with Crippen LogP contribution in [0, 0.1) is 11.3 Å². The second kappa shape index (κ2) is 7.97. The van der Waals surface area contributed by atoms with Gasteiger partial charge in [0.1, 0.15) is 34.6 Å². The van der Waals surface area contributed by atoms with Crippen molar-refractivity contribution in [3.63, 3.8) is 0 Å².